The molecule has 1 aromatic carbocycles. The van der Waals surface area contributed by atoms with Crippen molar-refractivity contribution < 1.29 is 28.9 Å². The minimum Gasteiger partial charge on any atom is -0.477 e. The van der Waals surface area contributed by atoms with Crippen molar-refractivity contribution in [3.63, 3.8) is 0 Å². The summed E-state index contributed by atoms with van der Waals surface area (Å²) < 4.78 is 17.4. The maximum absolute atomic E-state index is 13.2. The zero-order valence-corrected chi connectivity index (χ0v) is 22.8. The lowest BCUT2D eigenvalue weighted by molar-refractivity contribution is -0.188. The van der Waals surface area contributed by atoms with E-state index in [2.05, 4.69) is 11.8 Å². The van der Waals surface area contributed by atoms with Gasteiger partial charge in [-0.15, -0.1) is 0 Å². The Labute approximate surface area is 226 Å². The molecule has 4 unspecified atom stereocenters. The van der Waals surface area contributed by atoms with Crippen molar-refractivity contribution in [2.45, 2.75) is 120 Å². The van der Waals surface area contributed by atoms with Crippen LogP contribution in [0.15, 0.2) is 12.1 Å². The number of carbonyl (C=O) groups excluding carboxylic acids is 2. The van der Waals surface area contributed by atoms with Gasteiger partial charge in [-0.25, -0.2) is 4.79 Å². The Morgan fingerprint density at radius 2 is 1.87 bits per heavy atom. The van der Waals surface area contributed by atoms with E-state index in [9.17, 15) is 14.7 Å². The molecule has 2 saturated carbocycles. The van der Waals surface area contributed by atoms with Crippen molar-refractivity contribution in [3.8, 4) is 11.5 Å². The molecule has 1 N–H and O–H groups in total. The molecule has 4 atom stereocenters. The molecule has 1 saturated heterocycles. The number of ketones is 1. The second-order valence-corrected chi connectivity index (χ2v) is 12.4. The average Bonchev–Trinajstić information content (AvgIpc) is 3.64. The zero-order chi connectivity index (χ0) is 26.3. The van der Waals surface area contributed by atoms with E-state index in [4.69, 9.17) is 14.2 Å². The van der Waals surface area contributed by atoms with Crippen LogP contribution in [0.5, 0.6) is 11.5 Å². The fourth-order valence-electron chi connectivity index (χ4n) is 7.84. The number of aliphatic hydroxyl groups is 1. The van der Waals surface area contributed by atoms with Crippen LogP contribution in [0.25, 0.3) is 0 Å². The van der Waals surface area contributed by atoms with E-state index in [1.807, 2.05) is 6.07 Å². The first-order valence-corrected chi connectivity index (χ1v) is 15.1. The van der Waals surface area contributed by atoms with Gasteiger partial charge in [0.2, 0.25) is 0 Å². The van der Waals surface area contributed by atoms with Gasteiger partial charge in [0.05, 0.1) is 17.6 Å². The average molecular weight is 526 g/mol. The Hall–Kier alpha value is -2.12. The number of unbranched alkanes of at least 4 members (excludes halogenated alkanes) is 7. The molecule has 1 aromatic rings. The fourth-order valence-corrected chi connectivity index (χ4v) is 7.84. The summed E-state index contributed by atoms with van der Waals surface area (Å²) in [5.74, 6) is 1.52. The summed E-state index contributed by atoms with van der Waals surface area (Å²) in [6.45, 7) is 4.43. The fraction of sp³-hybridized carbons (Fsp3) is 0.742. The highest BCUT2D eigenvalue weighted by Gasteiger charge is 2.73. The maximum atomic E-state index is 13.2. The van der Waals surface area contributed by atoms with Crippen LogP contribution in [0.4, 0.5) is 4.79 Å². The van der Waals surface area contributed by atoms with Gasteiger partial charge in [-0.05, 0) is 62.6 Å². The smallest absolute Gasteiger partial charge is 0.477 e. The number of rotatable bonds is 12. The number of likely N-dealkylation sites (tertiary alicyclic amines) is 1. The standard InChI is InChI=1S/C31H43NO6/c1-2-3-4-5-6-7-8-9-18-36-29(34)37-24-13-12-22-19-25-31(35)15-14-23(33)28-30(31,26(22)27(24)38-28)16-17-32(25)20-21-10-11-21/h12-13,21,25,28,35H,2-11,14-20H2,1H3. The van der Waals surface area contributed by atoms with Crippen LogP contribution in [0.3, 0.4) is 0 Å². The van der Waals surface area contributed by atoms with Gasteiger partial charge in [-0.1, -0.05) is 57.9 Å². The Balaban J connectivity index is 1.15. The number of nitrogens with zero attached hydrogens (tertiary/aromatic N) is 1. The molecule has 0 amide bonds. The molecule has 0 aromatic heterocycles. The molecule has 3 fully saturated rings. The van der Waals surface area contributed by atoms with Crippen molar-refractivity contribution in [2.75, 3.05) is 19.7 Å². The minimum atomic E-state index is -1.02. The van der Waals surface area contributed by atoms with E-state index in [-0.39, 0.29) is 11.8 Å². The third kappa shape index (κ3) is 4.34. The molecule has 2 bridgehead atoms. The molecule has 5 aliphatic rings. The predicted octanol–water partition coefficient (Wildman–Crippen LogP) is 5.48. The van der Waals surface area contributed by atoms with Gasteiger partial charge < -0.3 is 19.3 Å². The first kappa shape index (κ1) is 26.1. The SMILES string of the molecule is CCCCCCCCCCOC(=O)Oc1ccc2c3c1OC1C(=O)CCC4(O)C(C2)N(CC2CC2)CCC314. The quantitative estimate of drug-likeness (QED) is 0.220. The zero-order valence-electron chi connectivity index (χ0n) is 22.8. The molecular weight excluding hydrogens is 482 g/mol. The molecular formula is C31H43NO6. The van der Waals surface area contributed by atoms with Gasteiger partial charge in [0, 0.05) is 24.6 Å². The maximum Gasteiger partial charge on any atom is 0.513 e. The largest absolute Gasteiger partial charge is 0.513 e. The molecule has 38 heavy (non-hydrogen) atoms. The molecule has 2 heterocycles. The van der Waals surface area contributed by atoms with Crippen molar-refractivity contribution in [2.24, 2.45) is 5.92 Å². The number of hydrogen-bond acceptors (Lipinski definition) is 7. The van der Waals surface area contributed by atoms with E-state index >= 15 is 0 Å². The molecule has 6 rings (SSSR count). The minimum absolute atomic E-state index is 0.0159. The molecule has 208 valence electrons. The van der Waals surface area contributed by atoms with Gasteiger partial charge in [0.1, 0.15) is 0 Å². The number of ether oxygens (including phenoxy) is 3. The molecule has 3 aliphatic carbocycles. The predicted molar refractivity (Wildman–Crippen MR) is 143 cm³/mol. The number of benzene rings is 1. The lowest BCUT2D eigenvalue weighted by Crippen LogP contribution is -2.76. The van der Waals surface area contributed by atoms with Crippen LogP contribution < -0.4 is 9.47 Å². The highest BCUT2D eigenvalue weighted by molar-refractivity contribution is 5.90. The van der Waals surface area contributed by atoms with Gasteiger partial charge in [-0.2, -0.15) is 0 Å². The summed E-state index contributed by atoms with van der Waals surface area (Å²) in [7, 11) is 0. The van der Waals surface area contributed by atoms with E-state index in [1.54, 1.807) is 6.07 Å². The van der Waals surface area contributed by atoms with E-state index in [0.717, 1.165) is 55.8 Å². The lowest BCUT2D eigenvalue weighted by atomic mass is 9.49. The van der Waals surface area contributed by atoms with Gasteiger partial charge in [0.25, 0.3) is 0 Å². The Morgan fingerprint density at radius 1 is 1.11 bits per heavy atom. The normalized spacial score (nSPS) is 31.1. The molecule has 2 aliphatic heterocycles. The van der Waals surface area contributed by atoms with Gasteiger partial charge in [-0.3, -0.25) is 9.69 Å². The van der Waals surface area contributed by atoms with Crippen molar-refractivity contribution in [3.05, 3.63) is 23.3 Å². The van der Waals surface area contributed by atoms with Crippen molar-refractivity contribution in [1.82, 2.24) is 4.90 Å². The molecule has 1 spiro atoms. The van der Waals surface area contributed by atoms with Gasteiger partial charge in [0.15, 0.2) is 23.4 Å². The number of hydrogen-bond donors (Lipinski definition) is 1. The van der Waals surface area contributed by atoms with Crippen LogP contribution in [-0.4, -0.2) is 59.4 Å². The Bertz CT molecular complexity index is 1070. The molecule has 7 heteroatoms. The van der Waals surface area contributed by atoms with Gasteiger partial charge >= 0.3 is 6.16 Å². The molecule has 7 nitrogen and oxygen atoms in total. The number of Topliss-reactive ketones (excluding diaryl/α,β-unsaturated/α-hetero) is 1. The topological polar surface area (TPSA) is 85.3 Å². The Morgan fingerprint density at radius 3 is 2.63 bits per heavy atom. The summed E-state index contributed by atoms with van der Waals surface area (Å²) >= 11 is 0. The highest BCUT2D eigenvalue weighted by Crippen LogP contribution is 2.65. The second kappa shape index (κ2) is 10.5. The number of piperidine rings is 1. The first-order chi connectivity index (χ1) is 18.5. The summed E-state index contributed by atoms with van der Waals surface area (Å²) in [5.41, 5.74) is 0.212. The van der Waals surface area contributed by atoms with E-state index < -0.39 is 23.3 Å². The van der Waals surface area contributed by atoms with Crippen LogP contribution >= 0.6 is 0 Å². The van der Waals surface area contributed by atoms with Crippen LogP contribution in [0, 0.1) is 5.92 Å². The molecule has 0 radical (unpaired) electrons. The lowest BCUT2D eigenvalue weighted by Gasteiger charge is -2.62. The third-order valence-electron chi connectivity index (χ3n) is 9.95. The van der Waals surface area contributed by atoms with Crippen molar-refractivity contribution in [1.29, 1.82) is 0 Å². The Kier molecular flexibility index (Phi) is 7.19. The van der Waals surface area contributed by atoms with E-state index in [1.165, 1.54) is 44.9 Å². The van der Waals surface area contributed by atoms with E-state index in [0.29, 0.717) is 37.4 Å². The second-order valence-electron chi connectivity index (χ2n) is 12.4. The monoisotopic (exact) mass is 525 g/mol. The highest BCUT2D eigenvalue weighted by atomic mass is 16.7. The van der Waals surface area contributed by atoms with Crippen molar-refractivity contribution >= 4 is 11.9 Å². The first-order valence-electron chi connectivity index (χ1n) is 15.1. The summed E-state index contributed by atoms with van der Waals surface area (Å²) in [6.07, 6.45) is 12.6. The number of carbonyl (C=O) groups is 2. The van der Waals surface area contributed by atoms with Crippen LogP contribution in [0.2, 0.25) is 0 Å². The summed E-state index contributed by atoms with van der Waals surface area (Å²) in [4.78, 5) is 28.2. The summed E-state index contributed by atoms with van der Waals surface area (Å²) in [6, 6.07) is 3.76. The third-order valence-corrected chi connectivity index (χ3v) is 9.95. The van der Waals surface area contributed by atoms with Crippen LogP contribution in [-0.2, 0) is 21.4 Å². The van der Waals surface area contributed by atoms with Crippen LogP contribution in [0.1, 0.15) is 102 Å². The summed E-state index contributed by atoms with van der Waals surface area (Å²) in [5, 5.41) is 12.3.